The summed E-state index contributed by atoms with van der Waals surface area (Å²) in [5.74, 6) is 0. The van der Waals surface area contributed by atoms with Crippen molar-refractivity contribution in [2.24, 2.45) is 0 Å². The Morgan fingerprint density at radius 2 is 1.79 bits per heavy atom. The number of hydrogen-bond acceptors (Lipinski definition) is 0. The van der Waals surface area contributed by atoms with Gasteiger partial charge in [0.15, 0.2) is 0 Å². The van der Waals surface area contributed by atoms with Crippen molar-refractivity contribution < 1.29 is 0 Å². The second kappa shape index (κ2) is 3.67. The minimum Gasteiger partial charge on any atom is -0.0807 e. The third kappa shape index (κ3) is 1.56. The van der Waals surface area contributed by atoms with Crippen LogP contribution >= 0.6 is 0 Å². The quantitative estimate of drug-likeness (QED) is 0.622. The second-order valence-electron chi connectivity index (χ2n) is 3.45. The van der Waals surface area contributed by atoms with Crippen molar-refractivity contribution in [1.82, 2.24) is 0 Å². The van der Waals surface area contributed by atoms with Crippen molar-refractivity contribution in [2.75, 3.05) is 0 Å². The lowest BCUT2D eigenvalue weighted by atomic mass is 10.0. The fourth-order valence-corrected chi connectivity index (χ4v) is 1.55. The Balaban J connectivity index is 2.62. The molecule has 0 saturated heterocycles. The van der Waals surface area contributed by atoms with Crippen LogP contribution in [0.2, 0.25) is 0 Å². The summed E-state index contributed by atoms with van der Waals surface area (Å²) < 4.78 is 0. The Morgan fingerprint density at radius 3 is 2.50 bits per heavy atom. The molecule has 0 atom stereocenters. The predicted octanol–water partition coefficient (Wildman–Crippen LogP) is 4.08. The van der Waals surface area contributed by atoms with Gasteiger partial charge in [0, 0.05) is 0 Å². The van der Waals surface area contributed by atoms with Crippen LogP contribution in [0.25, 0.3) is 16.3 Å². The highest BCUT2D eigenvalue weighted by molar-refractivity contribution is 5.86. The molecule has 0 bridgehead atoms. The SMILES string of the molecule is [CH2]C=C(C)c1ccc2ccccc2c1. The number of hydrogen-bond donors (Lipinski definition) is 0. The maximum Gasteiger partial charge on any atom is -0.0178 e. The Labute approximate surface area is 84.9 Å². The number of allylic oxidation sites excluding steroid dienone is 2. The van der Waals surface area contributed by atoms with Crippen molar-refractivity contribution in [1.29, 1.82) is 0 Å². The molecule has 0 nitrogen and oxygen atoms in total. The van der Waals surface area contributed by atoms with E-state index in [1.165, 1.54) is 21.9 Å². The first-order valence-electron chi connectivity index (χ1n) is 4.76. The Hall–Kier alpha value is -1.56. The van der Waals surface area contributed by atoms with Crippen molar-refractivity contribution >= 4 is 16.3 Å². The van der Waals surface area contributed by atoms with E-state index in [2.05, 4.69) is 56.3 Å². The average molecular weight is 181 g/mol. The van der Waals surface area contributed by atoms with E-state index in [1.54, 1.807) is 0 Å². The van der Waals surface area contributed by atoms with Gasteiger partial charge in [-0.25, -0.2) is 0 Å². The molecule has 0 heterocycles. The average Bonchev–Trinajstić information content (AvgIpc) is 2.27. The van der Waals surface area contributed by atoms with Crippen LogP contribution in [0.15, 0.2) is 48.5 Å². The second-order valence-corrected chi connectivity index (χ2v) is 3.45. The Kier molecular flexibility index (Phi) is 2.36. The van der Waals surface area contributed by atoms with E-state index in [4.69, 9.17) is 0 Å². The third-order valence-corrected chi connectivity index (χ3v) is 2.51. The standard InChI is InChI=1S/C14H13/c1-3-11(2)13-9-8-12-6-4-5-7-14(12)10-13/h3-10H,1H2,2H3. The van der Waals surface area contributed by atoms with Gasteiger partial charge < -0.3 is 0 Å². The van der Waals surface area contributed by atoms with Gasteiger partial charge in [-0.1, -0.05) is 42.5 Å². The maximum absolute atomic E-state index is 3.78. The topological polar surface area (TPSA) is 0 Å². The molecule has 2 rings (SSSR count). The monoisotopic (exact) mass is 181 g/mol. The molecule has 0 amide bonds. The molecule has 0 spiro atoms. The highest BCUT2D eigenvalue weighted by atomic mass is 14.0. The third-order valence-electron chi connectivity index (χ3n) is 2.51. The summed E-state index contributed by atoms with van der Waals surface area (Å²) in [6.07, 6.45) is 1.89. The van der Waals surface area contributed by atoms with Crippen LogP contribution in [0.1, 0.15) is 12.5 Å². The Morgan fingerprint density at radius 1 is 1.07 bits per heavy atom. The number of benzene rings is 2. The molecule has 0 saturated carbocycles. The van der Waals surface area contributed by atoms with E-state index in [1.807, 2.05) is 6.08 Å². The normalized spacial score (nSPS) is 12.0. The minimum absolute atomic E-state index is 1.22. The molecular formula is C14H13. The summed E-state index contributed by atoms with van der Waals surface area (Å²) in [6.45, 7) is 5.86. The van der Waals surface area contributed by atoms with Crippen LogP contribution in [-0.4, -0.2) is 0 Å². The van der Waals surface area contributed by atoms with E-state index >= 15 is 0 Å². The van der Waals surface area contributed by atoms with Crippen molar-refractivity contribution in [3.05, 3.63) is 61.0 Å². The molecule has 0 fully saturated rings. The molecule has 69 valence electrons. The van der Waals surface area contributed by atoms with Crippen LogP contribution in [0.3, 0.4) is 0 Å². The van der Waals surface area contributed by atoms with Gasteiger partial charge in [-0.2, -0.15) is 0 Å². The largest absolute Gasteiger partial charge is 0.0807 e. The summed E-state index contributed by atoms with van der Waals surface area (Å²) in [6, 6.07) is 14.9. The van der Waals surface area contributed by atoms with Crippen LogP contribution < -0.4 is 0 Å². The van der Waals surface area contributed by atoms with Crippen LogP contribution in [0.4, 0.5) is 0 Å². The lowest BCUT2D eigenvalue weighted by molar-refractivity contribution is 1.60. The van der Waals surface area contributed by atoms with Crippen molar-refractivity contribution in [2.45, 2.75) is 6.92 Å². The molecular weight excluding hydrogens is 168 g/mol. The molecule has 0 N–H and O–H groups in total. The molecule has 0 aliphatic carbocycles. The summed E-state index contributed by atoms with van der Waals surface area (Å²) in [4.78, 5) is 0. The van der Waals surface area contributed by atoms with Crippen LogP contribution in [0.5, 0.6) is 0 Å². The van der Waals surface area contributed by atoms with Gasteiger partial charge in [0.25, 0.3) is 0 Å². The van der Waals surface area contributed by atoms with E-state index in [9.17, 15) is 0 Å². The zero-order valence-corrected chi connectivity index (χ0v) is 8.33. The smallest absolute Gasteiger partial charge is 0.0178 e. The number of rotatable bonds is 1. The minimum atomic E-state index is 1.22. The lowest BCUT2D eigenvalue weighted by Gasteiger charge is -2.03. The fraction of sp³-hybridized carbons (Fsp3) is 0.0714. The predicted molar refractivity (Wildman–Crippen MR) is 63.0 cm³/mol. The van der Waals surface area contributed by atoms with E-state index in [0.717, 1.165) is 0 Å². The van der Waals surface area contributed by atoms with Crippen LogP contribution in [-0.2, 0) is 0 Å². The van der Waals surface area contributed by atoms with Gasteiger partial charge in [0.05, 0.1) is 0 Å². The molecule has 2 aromatic carbocycles. The molecule has 0 aromatic heterocycles. The fourth-order valence-electron chi connectivity index (χ4n) is 1.55. The first-order valence-corrected chi connectivity index (χ1v) is 4.76. The summed E-state index contributed by atoms with van der Waals surface area (Å²) in [7, 11) is 0. The van der Waals surface area contributed by atoms with E-state index in [0.29, 0.717) is 0 Å². The van der Waals surface area contributed by atoms with Gasteiger partial charge in [-0.05, 0) is 41.8 Å². The molecule has 0 aliphatic heterocycles. The van der Waals surface area contributed by atoms with Crippen LogP contribution in [0, 0.1) is 6.92 Å². The van der Waals surface area contributed by atoms with Gasteiger partial charge >= 0.3 is 0 Å². The van der Waals surface area contributed by atoms with E-state index in [-0.39, 0.29) is 0 Å². The highest BCUT2D eigenvalue weighted by Crippen LogP contribution is 2.20. The Bertz CT molecular complexity index is 478. The molecule has 14 heavy (non-hydrogen) atoms. The zero-order chi connectivity index (χ0) is 9.97. The first kappa shape index (κ1) is 9.01. The summed E-state index contributed by atoms with van der Waals surface area (Å²) in [5.41, 5.74) is 2.47. The van der Waals surface area contributed by atoms with E-state index < -0.39 is 0 Å². The summed E-state index contributed by atoms with van der Waals surface area (Å²) in [5, 5.41) is 2.57. The molecule has 0 heteroatoms. The maximum atomic E-state index is 3.78. The molecule has 2 aromatic rings. The highest BCUT2D eigenvalue weighted by Gasteiger charge is 1.96. The zero-order valence-electron chi connectivity index (χ0n) is 8.33. The number of fused-ring (bicyclic) bond motifs is 1. The lowest BCUT2D eigenvalue weighted by Crippen LogP contribution is -1.79. The van der Waals surface area contributed by atoms with Gasteiger partial charge in [-0.15, -0.1) is 0 Å². The molecule has 1 radical (unpaired) electrons. The molecule has 0 unspecified atom stereocenters. The van der Waals surface area contributed by atoms with Gasteiger partial charge in [-0.3, -0.25) is 0 Å². The molecule has 0 aliphatic rings. The van der Waals surface area contributed by atoms with Crippen molar-refractivity contribution in [3.63, 3.8) is 0 Å². The first-order chi connectivity index (χ1) is 6.81. The summed E-state index contributed by atoms with van der Waals surface area (Å²) >= 11 is 0. The van der Waals surface area contributed by atoms with Gasteiger partial charge in [0.2, 0.25) is 0 Å². The van der Waals surface area contributed by atoms with Crippen molar-refractivity contribution in [3.8, 4) is 0 Å². The van der Waals surface area contributed by atoms with Gasteiger partial charge in [0.1, 0.15) is 0 Å².